The Hall–Kier alpha value is -3.93. The third-order valence-corrected chi connectivity index (χ3v) is 6.21. The van der Waals surface area contributed by atoms with Crippen molar-refractivity contribution < 1.29 is 9.59 Å². The monoisotopic (exact) mass is 438 g/mol. The first-order chi connectivity index (χ1) is 16.0. The summed E-state index contributed by atoms with van der Waals surface area (Å²) in [6.45, 7) is 4.73. The Morgan fingerprint density at radius 3 is 2.55 bits per heavy atom. The molecule has 5 rings (SSSR count). The van der Waals surface area contributed by atoms with Crippen molar-refractivity contribution in [2.45, 2.75) is 32.9 Å². The Morgan fingerprint density at radius 1 is 1.00 bits per heavy atom. The third-order valence-electron chi connectivity index (χ3n) is 6.21. The minimum absolute atomic E-state index is 0.0152. The number of fused-ring (bicyclic) bond motifs is 2. The molecule has 1 aromatic heterocycles. The number of anilines is 1. The van der Waals surface area contributed by atoms with E-state index in [2.05, 4.69) is 11.4 Å². The molecule has 33 heavy (non-hydrogen) atoms. The maximum absolute atomic E-state index is 13.4. The lowest BCUT2D eigenvalue weighted by Crippen LogP contribution is -2.34. The number of imidazole rings is 1. The standard InChI is InChI=1S/C27H26N4O2/c1-18-11-13-21(14-12-18)27(33)28-19(2)26-29-22-8-4-6-10-24(22)31(26)17-25(32)30-16-15-20-7-3-5-9-23(20)30/h3-14,19H,15-17H2,1-2H3,(H,28,33). The van der Waals surface area contributed by atoms with Gasteiger partial charge in [-0.25, -0.2) is 4.98 Å². The molecule has 0 radical (unpaired) electrons. The van der Waals surface area contributed by atoms with Crippen molar-refractivity contribution in [3.05, 3.63) is 95.3 Å². The highest BCUT2D eigenvalue weighted by Gasteiger charge is 2.27. The summed E-state index contributed by atoms with van der Waals surface area (Å²) < 4.78 is 1.93. The molecular formula is C27H26N4O2. The van der Waals surface area contributed by atoms with Crippen LogP contribution in [0.5, 0.6) is 0 Å². The zero-order valence-corrected chi connectivity index (χ0v) is 18.8. The maximum atomic E-state index is 13.4. The molecule has 1 unspecified atom stereocenters. The molecule has 1 atom stereocenters. The molecule has 2 heterocycles. The van der Waals surface area contributed by atoms with Crippen LogP contribution in [0.1, 0.15) is 40.3 Å². The van der Waals surface area contributed by atoms with Crippen LogP contribution in [0.15, 0.2) is 72.8 Å². The van der Waals surface area contributed by atoms with Crippen LogP contribution in [0.2, 0.25) is 0 Å². The third kappa shape index (κ3) is 4.00. The van der Waals surface area contributed by atoms with E-state index in [1.165, 1.54) is 5.56 Å². The van der Waals surface area contributed by atoms with Crippen molar-refractivity contribution in [2.75, 3.05) is 11.4 Å². The average Bonchev–Trinajstić information content (AvgIpc) is 3.41. The van der Waals surface area contributed by atoms with Gasteiger partial charge in [-0.1, -0.05) is 48.0 Å². The lowest BCUT2D eigenvalue weighted by Gasteiger charge is -2.20. The van der Waals surface area contributed by atoms with Gasteiger partial charge in [-0.05, 0) is 56.2 Å². The molecule has 1 aliphatic heterocycles. The Bertz CT molecular complexity index is 1340. The molecule has 1 N–H and O–H groups in total. The number of hydrogen-bond acceptors (Lipinski definition) is 3. The molecule has 0 aliphatic carbocycles. The van der Waals surface area contributed by atoms with Crippen LogP contribution in [0.3, 0.4) is 0 Å². The number of aromatic nitrogens is 2. The molecule has 4 aromatic rings. The van der Waals surface area contributed by atoms with Crippen LogP contribution in [-0.2, 0) is 17.8 Å². The fraction of sp³-hybridized carbons (Fsp3) is 0.222. The fourth-order valence-corrected chi connectivity index (χ4v) is 4.46. The van der Waals surface area contributed by atoms with Gasteiger partial charge in [0.1, 0.15) is 12.4 Å². The number of nitrogens with zero attached hydrogens (tertiary/aromatic N) is 3. The van der Waals surface area contributed by atoms with Crippen molar-refractivity contribution in [1.82, 2.24) is 14.9 Å². The normalized spacial score (nSPS) is 13.7. The van der Waals surface area contributed by atoms with E-state index in [1.807, 2.05) is 90.0 Å². The number of rotatable bonds is 5. The van der Waals surface area contributed by atoms with Crippen molar-refractivity contribution in [2.24, 2.45) is 0 Å². The molecule has 0 saturated carbocycles. The number of amides is 2. The molecule has 2 amide bonds. The van der Waals surface area contributed by atoms with Crippen LogP contribution in [-0.4, -0.2) is 27.9 Å². The van der Waals surface area contributed by atoms with Crippen molar-refractivity contribution in [1.29, 1.82) is 0 Å². The maximum Gasteiger partial charge on any atom is 0.251 e. The number of hydrogen-bond donors (Lipinski definition) is 1. The van der Waals surface area contributed by atoms with Gasteiger partial charge in [-0.2, -0.15) is 0 Å². The van der Waals surface area contributed by atoms with E-state index in [9.17, 15) is 9.59 Å². The molecular weight excluding hydrogens is 412 g/mol. The van der Waals surface area contributed by atoms with Gasteiger partial charge in [-0.3, -0.25) is 9.59 Å². The van der Waals surface area contributed by atoms with E-state index >= 15 is 0 Å². The summed E-state index contributed by atoms with van der Waals surface area (Å²) in [6.07, 6.45) is 0.864. The van der Waals surface area contributed by atoms with Crippen LogP contribution >= 0.6 is 0 Å². The SMILES string of the molecule is Cc1ccc(C(=O)NC(C)c2nc3ccccc3n2CC(=O)N2CCc3ccccc32)cc1. The van der Waals surface area contributed by atoms with Gasteiger partial charge in [0.25, 0.3) is 5.91 Å². The highest BCUT2D eigenvalue weighted by atomic mass is 16.2. The first kappa shape index (κ1) is 20.9. The fourth-order valence-electron chi connectivity index (χ4n) is 4.46. The van der Waals surface area contributed by atoms with E-state index in [0.717, 1.165) is 28.7 Å². The lowest BCUT2D eigenvalue weighted by atomic mass is 10.1. The first-order valence-corrected chi connectivity index (χ1v) is 11.2. The number of aryl methyl sites for hydroxylation is 1. The van der Waals surface area contributed by atoms with Gasteiger partial charge < -0.3 is 14.8 Å². The second-order valence-electron chi connectivity index (χ2n) is 8.53. The number of benzene rings is 3. The molecule has 3 aromatic carbocycles. The summed E-state index contributed by atoms with van der Waals surface area (Å²) >= 11 is 0. The molecule has 0 fully saturated rings. The zero-order valence-electron chi connectivity index (χ0n) is 18.8. The van der Waals surface area contributed by atoms with E-state index in [-0.39, 0.29) is 24.4 Å². The topological polar surface area (TPSA) is 67.2 Å². The van der Waals surface area contributed by atoms with Gasteiger partial charge in [0.05, 0.1) is 17.1 Å². The van der Waals surface area contributed by atoms with Crippen LogP contribution in [0.4, 0.5) is 5.69 Å². The van der Waals surface area contributed by atoms with Gasteiger partial charge >= 0.3 is 0 Å². The van der Waals surface area contributed by atoms with E-state index < -0.39 is 0 Å². The Labute approximate surface area is 192 Å². The van der Waals surface area contributed by atoms with Crippen LogP contribution in [0.25, 0.3) is 11.0 Å². The molecule has 0 spiro atoms. The summed E-state index contributed by atoms with van der Waals surface area (Å²) in [5.41, 5.74) is 5.56. The molecule has 0 saturated heterocycles. The number of para-hydroxylation sites is 3. The predicted octanol–water partition coefficient (Wildman–Crippen LogP) is 4.43. The van der Waals surface area contributed by atoms with E-state index in [1.54, 1.807) is 0 Å². The van der Waals surface area contributed by atoms with Crippen LogP contribution < -0.4 is 10.2 Å². The summed E-state index contributed by atoms with van der Waals surface area (Å²) in [5.74, 6) is 0.514. The van der Waals surface area contributed by atoms with E-state index in [0.29, 0.717) is 17.9 Å². The quantitative estimate of drug-likeness (QED) is 0.501. The second-order valence-corrected chi connectivity index (χ2v) is 8.53. The Balaban J connectivity index is 1.43. The summed E-state index contributed by atoms with van der Waals surface area (Å²) in [5, 5.41) is 3.04. The molecule has 1 aliphatic rings. The van der Waals surface area contributed by atoms with Gasteiger partial charge in [0.2, 0.25) is 5.91 Å². The van der Waals surface area contributed by atoms with Gasteiger partial charge in [0, 0.05) is 17.8 Å². The van der Waals surface area contributed by atoms with E-state index in [4.69, 9.17) is 4.98 Å². The molecule has 166 valence electrons. The molecule has 6 nitrogen and oxygen atoms in total. The minimum atomic E-state index is -0.370. The number of carbonyl (C=O) groups is 2. The summed E-state index contributed by atoms with van der Waals surface area (Å²) in [4.78, 5) is 32.8. The second kappa shape index (κ2) is 8.54. The highest BCUT2D eigenvalue weighted by Crippen LogP contribution is 2.28. The van der Waals surface area contributed by atoms with Gasteiger partial charge in [-0.15, -0.1) is 0 Å². The number of nitrogens with one attached hydrogen (secondary N) is 1. The molecule has 0 bridgehead atoms. The molecule has 6 heteroatoms. The average molecular weight is 439 g/mol. The minimum Gasteiger partial charge on any atom is -0.342 e. The predicted molar refractivity (Wildman–Crippen MR) is 129 cm³/mol. The van der Waals surface area contributed by atoms with Crippen molar-refractivity contribution in [3.8, 4) is 0 Å². The number of carbonyl (C=O) groups excluding carboxylic acids is 2. The largest absolute Gasteiger partial charge is 0.342 e. The van der Waals surface area contributed by atoms with Crippen LogP contribution in [0, 0.1) is 6.92 Å². The van der Waals surface area contributed by atoms with Crippen molar-refractivity contribution in [3.63, 3.8) is 0 Å². The van der Waals surface area contributed by atoms with Gasteiger partial charge in [0.15, 0.2) is 0 Å². The Kier molecular flexibility index (Phi) is 5.42. The highest BCUT2D eigenvalue weighted by molar-refractivity contribution is 5.96. The van der Waals surface area contributed by atoms with Crippen molar-refractivity contribution >= 4 is 28.5 Å². The first-order valence-electron chi connectivity index (χ1n) is 11.2. The zero-order chi connectivity index (χ0) is 22.9. The lowest BCUT2D eigenvalue weighted by molar-refractivity contribution is -0.119. The summed E-state index contributed by atoms with van der Waals surface area (Å²) in [6, 6.07) is 22.9. The summed E-state index contributed by atoms with van der Waals surface area (Å²) in [7, 11) is 0. The smallest absolute Gasteiger partial charge is 0.251 e. The Morgan fingerprint density at radius 2 is 1.73 bits per heavy atom.